The number of nitrogens with one attached hydrogen (secondary N) is 1. The zero-order valence-electron chi connectivity index (χ0n) is 15.8. The van der Waals surface area contributed by atoms with E-state index in [1.807, 2.05) is 49.4 Å². The van der Waals surface area contributed by atoms with E-state index in [1.54, 1.807) is 6.08 Å². The fraction of sp³-hybridized carbons (Fsp3) is 0.190. The molecule has 4 rings (SSSR count). The molecule has 1 aliphatic heterocycles. The van der Waals surface area contributed by atoms with E-state index in [9.17, 15) is 0 Å². The number of halogens is 1. The average molecular weight is 471 g/mol. The maximum Gasteiger partial charge on any atom is 0.247 e. The number of hydrogen-bond donors (Lipinski definition) is 1. The van der Waals surface area contributed by atoms with Gasteiger partial charge in [0.1, 0.15) is 5.75 Å². The van der Waals surface area contributed by atoms with E-state index in [2.05, 4.69) is 43.0 Å². The highest BCUT2D eigenvalue weighted by atomic mass is 79.9. The number of para-hydroxylation sites is 1. The van der Waals surface area contributed by atoms with E-state index in [1.165, 1.54) is 11.8 Å². The van der Waals surface area contributed by atoms with Gasteiger partial charge in [-0.1, -0.05) is 52.0 Å². The van der Waals surface area contributed by atoms with Crippen molar-refractivity contribution < 1.29 is 9.47 Å². The molecule has 148 valence electrons. The summed E-state index contributed by atoms with van der Waals surface area (Å²) in [6.07, 6.45) is 1.29. The molecule has 0 saturated carbocycles. The number of hydrogen-bond acceptors (Lipinski definition) is 7. The third-order valence-electron chi connectivity index (χ3n) is 4.22. The minimum absolute atomic E-state index is 0.427. The van der Waals surface area contributed by atoms with E-state index in [0.717, 1.165) is 27.0 Å². The van der Waals surface area contributed by atoms with Gasteiger partial charge in [0, 0.05) is 21.5 Å². The van der Waals surface area contributed by atoms with Crippen LogP contribution in [0.25, 0.3) is 11.3 Å². The molecule has 29 heavy (non-hydrogen) atoms. The molecule has 0 radical (unpaired) electrons. The highest BCUT2D eigenvalue weighted by Gasteiger charge is 2.28. The van der Waals surface area contributed by atoms with Crippen molar-refractivity contribution in [3.8, 4) is 22.9 Å². The van der Waals surface area contributed by atoms with Crippen LogP contribution in [0.4, 0.5) is 5.69 Å². The van der Waals surface area contributed by atoms with Gasteiger partial charge in [-0.3, -0.25) is 0 Å². The number of fused-ring (bicyclic) bond motifs is 3. The molecule has 1 aliphatic rings. The van der Waals surface area contributed by atoms with Crippen LogP contribution < -0.4 is 14.8 Å². The molecule has 1 atom stereocenters. The Bertz CT molecular complexity index is 1050. The van der Waals surface area contributed by atoms with Crippen molar-refractivity contribution in [1.82, 2.24) is 15.2 Å². The Labute approximate surface area is 181 Å². The molecule has 0 saturated heterocycles. The van der Waals surface area contributed by atoms with Crippen LogP contribution >= 0.6 is 27.7 Å². The van der Waals surface area contributed by atoms with Gasteiger partial charge in [-0.2, -0.15) is 4.98 Å². The summed E-state index contributed by atoms with van der Waals surface area (Å²) in [7, 11) is 0. The Balaban J connectivity index is 1.82. The minimum Gasteiger partial charge on any atom is -0.493 e. The third-order valence-corrected chi connectivity index (χ3v) is 5.54. The van der Waals surface area contributed by atoms with Crippen molar-refractivity contribution in [2.45, 2.75) is 18.3 Å². The number of thioether (sulfide) groups is 1. The lowest BCUT2D eigenvalue weighted by atomic mass is 10.1. The molecule has 1 N–H and O–H groups in total. The largest absolute Gasteiger partial charge is 0.493 e. The highest BCUT2D eigenvalue weighted by Crippen LogP contribution is 2.41. The second kappa shape index (κ2) is 8.84. The topological polar surface area (TPSA) is 69.2 Å². The van der Waals surface area contributed by atoms with E-state index in [0.29, 0.717) is 29.1 Å². The Morgan fingerprint density at radius 3 is 2.97 bits per heavy atom. The van der Waals surface area contributed by atoms with Crippen molar-refractivity contribution in [2.75, 3.05) is 17.7 Å². The lowest BCUT2D eigenvalue weighted by Gasteiger charge is -2.22. The molecule has 0 amide bonds. The van der Waals surface area contributed by atoms with Gasteiger partial charge in [0.15, 0.2) is 5.69 Å². The molecule has 1 aromatic heterocycles. The van der Waals surface area contributed by atoms with Crippen molar-refractivity contribution in [2.24, 2.45) is 0 Å². The molecule has 0 unspecified atom stereocenters. The number of nitrogens with zero attached hydrogens (tertiary/aromatic N) is 3. The van der Waals surface area contributed by atoms with E-state index in [-0.39, 0.29) is 0 Å². The molecule has 0 spiro atoms. The van der Waals surface area contributed by atoms with Crippen molar-refractivity contribution >= 4 is 33.4 Å². The Morgan fingerprint density at radius 2 is 2.14 bits per heavy atom. The molecule has 0 bridgehead atoms. The lowest BCUT2D eigenvalue weighted by Crippen LogP contribution is -2.18. The number of anilines is 1. The van der Waals surface area contributed by atoms with Crippen molar-refractivity contribution in [1.29, 1.82) is 0 Å². The lowest BCUT2D eigenvalue weighted by molar-refractivity contribution is 0.217. The van der Waals surface area contributed by atoms with Crippen molar-refractivity contribution in [3.05, 3.63) is 65.2 Å². The van der Waals surface area contributed by atoms with Crippen LogP contribution in [-0.2, 0) is 0 Å². The summed E-state index contributed by atoms with van der Waals surface area (Å²) < 4.78 is 13.1. The van der Waals surface area contributed by atoms with Gasteiger partial charge in [0.2, 0.25) is 17.3 Å². The molecule has 3 aromatic rings. The first-order valence-corrected chi connectivity index (χ1v) is 10.9. The van der Waals surface area contributed by atoms with Gasteiger partial charge >= 0.3 is 0 Å². The Kier molecular flexibility index (Phi) is 6.01. The SMILES string of the molecule is C=CCSc1nnc2c(n1)O[C@@H](c1cc(Br)ccc1OCC)Nc1ccccc1-2. The van der Waals surface area contributed by atoms with Crippen molar-refractivity contribution in [3.63, 3.8) is 0 Å². The molecule has 8 heteroatoms. The third kappa shape index (κ3) is 4.23. The van der Waals surface area contributed by atoms with Crippen LogP contribution in [0.1, 0.15) is 18.7 Å². The summed E-state index contributed by atoms with van der Waals surface area (Å²) in [5, 5.41) is 12.6. The molecular weight excluding hydrogens is 452 g/mol. The second-order valence-corrected chi connectivity index (χ2v) is 8.05. The van der Waals surface area contributed by atoms with Crippen LogP contribution in [0.5, 0.6) is 11.6 Å². The predicted molar refractivity (Wildman–Crippen MR) is 118 cm³/mol. The average Bonchev–Trinajstić information content (AvgIpc) is 2.90. The fourth-order valence-electron chi connectivity index (χ4n) is 2.99. The van der Waals surface area contributed by atoms with Crippen LogP contribution in [-0.4, -0.2) is 27.5 Å². The summed E-state index contributed by atoms with van der Waals surface area (Å²) in [6, 6.07) is 13.7. The van der Waals surface area contributed by atoms with Gasteiger partial charge in [-0.05, 0) is 31.2 Å². The summed E-state index contributed by atoms with van der Waals surface area (Å²) >= 11 is 5.00. The number of aromatic nitrogens is 3. The summed E-state index contributed by atoms with van der Waals surface area (Å²) in [5.41, 5.74) is 3.24. The van der Waals surface area contributed by atoms with E-state index in [4.69, 9.17) is 9.47 Å². The van der Waals surface area contributed by atoms with Crippen LogP contribution in [0.2, 0.25) is 0 Å². The van der Waals surface area contributed by atoms with Gasteiger partial charge in [-0.15, -0.1) is 16.8 Å². The quantitative estimate of drug-likeness (QED) is 0.377. The fourth-order valence-corrected chi connectivity index (χ4v) is 3.89. The molecule has 2 aromatic carbocycles. The highest BCUT2D eigenvalue weighted by molar-refractivity contribution is 9.10. The minimum atomic E-state index is -0.509. The number of ether oxygens (including phenoxy) is 2. The maximum absolute atomic E-state index is 6.32. The summed E-state index contributed by atoms with van der Waals surface area (Å²) in [6.45, 7) is 6.25. The Morgan fingerprint density at radius 1 is 1.28 bits per heavy atom. The number of benzene rings is 2. The standard InChI is InChI=1S/C21H19BrN4O2S/c1-3-11-29-21-24-20-18(25-26-21)14-7-5-6-8-16(14)23-19(28-20)15-12-13(22)9-10-17(15)27-4-2/h3,5-10,12,19,23H,1,4,11H2,2H3/t19-/m0/s1. The Hall–Kier alpha value is -2.58. The first-order chi connectivity index (χ1) is 14.2. The van der Waals surface area contributed by atoms with Gasteiger partial charge in [0.05, 0.1) is 12.2 Å². The molecule has 2 heterocycles. The van der Waals surface area contributed by atoms with E-state index < -0.39 is 6.23 Å². The van der Waals surface area contributed by atoms with E-state index >= 15 is 0 Å². The van der Waals surface area contributed by atoms with Crippen LogP contribution in [0.15, 0.2) is 64.7 Å². The monoisotopic (exact) mass is 470 g/mol. The first kappa shape index (κ1) is 19.7. The normalized spacial score (nSPS) is 14.6. The van der Waals surface area contributed by atoms with Crippen LogP contribution in [0, 0.1) is 0 Å². The van der Waals surface area contributed by atoms with Crippen LogP contribution in [0.3, 0.4) is 0 Å². The smallest absolute Gasteiger partial charge is 0.247 e. The first-order valence-electron chi connectivity index (χ1n) is 9.13. The second-order valence-electron chi connectivity index (χ2n) is 6.15. The number of rotatable bonds is 6. The molecular formula is C21H19BrN4O2S. The molecule has 0 fully saturated rings. The summed E-state index contributed by atoms with van der Waals surface area (Å²) in [5.74, 6) is 1.87. The predicted octanol–water partition coefficient (Wildman–Crippen LogP) is 5.48. The maximum atomic E-state index is 6.32. The summed E-state index contributed by atoms with van der Waals surface area (Å²) in [4.78, 5) is 4.61. The molecule has 0 aliphatic carbocycles. The van der Waals surface area contributed by atoms with Gasteiger partial charge < -0.3 is 14.8 Å². The zero-order chi connectivity index (χ0) is 20.2. The zero-order valence-corrected chi connectivity index (χ0v) is 18.2. The van der Waals surface area contributed by atoms with Gasteiger partial charge in [0.25, 0.3) is 0 Å². The van der Waals surface area contributed by atoms with Gasteiger partial charge in [-0.25, -0.2) is 0 Å². The molecule has 6 nitrogen and oxygen atoms in total.